The second-order valence-corrected chi connectivity index (χ2v) is 19.3. The van der Waals surface area contributed by atoms with Crippen molar-refractivity contribution in [3.63, 3.8) is 0 Å². The van der Waals surface area contributed by atoms with Crippen LogP contribution in [0.2, 0.25) is 0 Å². The monoisotopic (exact) mass is 761 g/mol. The van der Waals surface area contributed by atoms with E-state index in [4.69, 9.17) is 0 Å². The molecule has 10 rings (SSSR count). The van der Waals surface area contributed by atoms with Gasteiger partial charge in [0, 0.05) is 26.8 Å². The zero-order valence-electron chi connectivity index (χ0n) is 31.4. The molecule has 0 radical (unpaired) electrons. The van der Waals surface area contributed by atoms with E-state index in [0.29, 0.717) is 0 Å². The maximum absolute atomic E-state index is 2.78. The van der Waals surface area contributed by atoms with E-state index in [9.17, 15) is 0 Å². The first kappa shape index (κ1) is 34.7. The highest BCUT2D eigenvalue weighted by atomic mass is 32.1. The second kappa shape index (κ2) is 15.0. The van der Waals surface area contributed by atoms with Crippen LogP contribution in [0.5, 0.6) is 0 Å². The molecular weight excluding hydrogens is 723 g/mol. The van der Waals surface area contributed by atoms with Crippen LogP contribution < -0.4 is 25.6 Å². The molecule has 9 aromatic carbocycles. The maximum Gasteiger partial charge on any atom is 0.179 e. The Balaban J connectivity index is 1.23. The largest absolute Gasteiger partial charge is 0.309 e. The molecule has 270 valence electrons. The van der Waals surface area contributed by atoms with Crippen molar-refractivity contribution in [2.45, 2.75) is 0 Å². The van der Waals surface area contributed by atoms with E-state index in [1.54, 1.807) is 0 Å². The van der Waals surface area contributed by atoms with Gasteiger partial charge in [0.15, 0.2) is 8.07 Å². The Morgan fingerprint density at radius 3 is 1.35 bits per heavy atom. The minimum Gasteiger partial charge on any atom is -0.309 e. The summed E-state index contributed by atoms with van der Waals surface area (Å²) in [7, 11) is -2.78. The molecule has 0 aliphatic rings. The van der Waals surface area contributed by atoms with Crippen molar-refractivity contribution in [2.24, 2.45) is 0 Å². The van der Waals surface area contributed by atoms with E-state index in [2.05, 4.69) is 241 Å². The van der Waals surface area contributed by atoms with E-state index < -0.39 is 8.07 Å². The third kappa shape index (κ3) is 6.18. The topological polar surface area (TPSA) is 3.24 Å². The molecule has 0 saturated heterocycles. The third-order valence-electron chi connectivity index (χ3n) is 11.2. The number of thiophene rings is 1. The molecule has 0 N–H and O–H groups in total. The highest BCUT2D eigenvalue weighted by molar-refractivity contribution is 7.27. The van der Waals surface area contributed by atoms with Crippen LogP contribution >= 0.6 is 11.3 Å². The van der Waals surface area contributed by atoms with Crippen molar-refractivity contribution in [2.75, 3.05) is 4.90 Å². The molecule has 0 saturated carbocycles. The molecule has 0 aliphatic heterocycles. The van der Waals surface area contributed by atoms with Gasteiger partial charge in [0.1, 0.15) is 0 Å². The molecule has 1 heterocycles. The van der Waals surface area contributed by atoms with Crippen molar-refractivity contribution in [1.82, 2.24) is 0 Å². The summed E-state index contributed by atoms with van der Waals surface area (Å²) in [5, 5.41) is 7.98. The summed E-state index contributed by atoms with van der Waals surface area (Å²) < 4.78 is 2.58. The van der Waals surface area contributed by atoms with Crippen LogP contribution in [0.1, 0.15) is 0 Å². The van der Waals surface area contributed by atoms with Crippen LogP contribution in [0.3, 0.4) is 0 Å². The van der Waals surface area contributed by atoms with Gasteiger partial charge in [-0.2, -0.15) is 0 Å². The van der Waals surface area contributed by atoms with Gasteiger partial charge in [-0.3, -0.25) is 0 Å². The first-order valence-electron chi connectivity index (χ1n) is 19.5. The van der Waals surface area contributed by atoms with Crippen molar-refractivity contribution < 1.29 is 0 Å². The van der Waals surface area contributed by atoms with Crippen LogP contribution in [-0.2, 0) is 0 Å². The molecule has 0 unspecified atom stereocenters. The standard InChI is InChI=1S/C54H39NSSi/c1-6-19-40(20-7-1)41-35-37-43(38-36-41)55(52-34-18-33-51-50-32-17-31-49(53(50)56-54(51)52)42-21-8-2-9-22-42)44-23-16-30-48(39-44)57(45-24-10-3-11-25-45,46-26-12-4-13-27-46)47-28-14-5-15-29-47/h1-39H. The van der Waals surface area contributed by atoms with Crippen LogP contribution in [0, 0.1) is 0 Å². The molecular formula is C54H39NSSi. The van der Waals surface area contributed by atoms with E-state index in [-0.39, 0.29) is 0 Å². The molecule has 0 atom stereocenters. The second-order valence-electron chi connectivity index (χ2n) is 14.5. The fourth-order valence-corrected chi connectivity index (χ4v) is 14.8. The quantitative estimate of drug-likeness (QED) is 0.105. The van der Waals surface area contributed by atoms with Gasteiger partial charge in [-0.1, -0.05) is 206 Å². The average Bonchev–Trinajstić information content (AvgIpc) is 3.69. The molecule has 1 aromatic heterocycles. The lowest BCUT2D eigenvalue weighted by molar-refractivity contribution is 1.30. The minimum atomic E-state index is -2.78. The Kier molecular flexibility index (Phi) is 9.15. The summed E-state index contributed by atoms with van der Waals surface area (Å²) in [6.45, 7) is 0. The van der Waals surface area contributed by atoms with Gasteiger partial charge in [-0.15, -0.1) is 11.3 Å². The number of fused-ring (bicyclic) bond motifs is 3. The van der Waals surface area contributed by atoms with Crippen molar-refractivity contribution in [3.05, 3.63) is 237 Å². The maximum atomic E-state index is 2.48. The number of hydrogen-bond donors (Lipinski definition) is 0. The number of nitrogens with zero attached hydrogens (tertiary/aromatic N) is 1. The van der Waals surface area contributed by atoms with Crippen molar-refractivity contribution >= 4 is 77.4 Å². The first-order chi connectivity index (χ1) is 28.3. The minimum absolute atomic E-state index is 1.12. The number of benzene rings is 9. The van der Waals surface area contributed by atoms with E-state index >= 15 is 0 Å². The lowest BCUT2D eigenvalue weighted by Crippen LogP contribution is -2.74. The number of hydrogen-bond acceptors (Lipinski definition) is 2. The Bertz CT molecular complexity index is 2830. The van der Waals surface area contributed by atoms with Gasteiger partial charge >= 0.3 is 0 Å². The van der Waals surface area contributed by atoms with E-state index in [1.165, 1.54) is 68.9 Å². The molecule has 0 spiro atoms. The molecule has 1 nitrogen and oxygen atoms in total. The summed E-state index contributed by atoms with van der Waals surface area (Å²) in [6.07, 6.45) is 0. The van der Waals surface area contributed by atoms with Gasteiger partial charge in [0.05, 0.1) is 10.4 Å². The molecule has 0 fully saturated rings. The van der Waals surface area contributed by atoms with Gasteiger partial charge in [0.25, 0.3) is 0 Å². The smallest absolute Gasteiger partial charge is 0.179 e. The fourth-order valence-electron chi connectivity index (χ4n) is 8.63. The predicted molar refractivity (Wildman–Crippen MR) is 249 cm³/mol. The van der Waals surface area contributed by atoms with E-state index in [0.717, 1.165) is 11.4 Å². The van der Waals surface area contributed by atoms with Gasteiger partial charge in [-0.25, -0.2) is 0 Å². The summed E-state index contributed by atoms with van der Waals surface area (Å²) in [6, 6.07) is 87.0. The Hall–Kier alpha value is -6.78. The highest BCUT2D eigenvalue weighted by Gasteiger charge is 2.41. The molecule has 3 heteroatoms. The Morgan fingerprint density at radius 1 is 0.316 bits per heavy atom. The summed E-state index contributed by atoms with van der Waals surface area (Å²) >= 11 is 1.89. The average molecular weight is 762 g/mol. The normalized spacial score (nSPS) is 11.5. The number of anilines is 3. The lowest BCUT2D eigenvalue weighted by atomic mass is 10.0. The summed E-state index contributed by atoms with van der Waals surface area (Å²) in [4.78, 5) is 2.48. The fraction of sp³-hybridized carbons (Fsp3) is 0. The van der Waals surface area contributed by atoms with Gasteiger partial charge < -0.3 is 4.90 Å². The van der Waals surface area contributed by atoms with Gasteiger partial charge in [-0.05, 0) is 73.3 Å². The molecule has 0 bridgehead atoms. The first-order valence-corrected chi connectivity index (χ1v) is 22.3. The summed E-state index contributed by atoms with van der Waals surface area (Å²) in [5.41, 5.74) is 8.33. The SMILES string of the molecule is c1ccc(-c2ccc(N(c3cccc([Si](c4ccccc4)(c4ccccc4)c4ccccc4)c3)c3cccc4c3sc3c(-c5ccccc5)cccc34)cc2)cc1. The van der Waals surface area contributed by atoms with Gasteiger partial charge in [0.2, 0.25) is 0 Å². The van der Waals surface area contributed by atoms with Crippen molar-refractivity contribution in [3.8, 4) is 22.3 Å². The number of rotatable bonds is 9. The third-order valence-corrected chi connectivity index (χ3v) is 17.3. The van der Waals surface area contributed by atoms with E-state index in [1.807, 2.05) is 11.3 Å². The zero-order chi connectivity index (χ0) is 38.0. The van der Waals surface area contributed by atoms with Crippen LogP contribution in [-0.4, -0.2) is 8.07 Å². The van der Waals surface area contributed by atoms with Crippen LogP contribution in [0.15, 0.2) is 237 Å². The van der Waals surface area contributed by atoms with Crippen molar-refractivity contribution in [1.29, 1.82) is 0 Å². The highest BCUT2D eigenvalue weighted by Crippen LogP contribution is 2.47. The molecule has 10 aromatic rings. The molecule has 0 amide bonds. The summed E-state index contributed by atoms with van der Waals surface area (Å²) in [5.74, 6) is 0. The van der Waals surface area contributed by atoms with Crippen LogP contribution in [0.25, 0.3) is 42.4 Å². The Labute approximate surface area is 339 Å². The zero-order valence-corrected chi connectivity index (χ0v) is 33.2. The molecule has 57 heavy (non-hydrogen) atoms. The Morgan fingerprint density at radius 2 is 0.772 bits per heavy atom. The molecule has 0 aliphatic carbocycles. The predicted octanol–water partition coefficient (Wildman–Crippen LogP) is 12.2. The lowest BCUT2D eigenvalue weighted by Gasteiger charge is -2.35. The van der Waals surface area contributed by atoms with Crippen LogP contribution in [0.4, 0.5) is 17.1 Å².